The van der Waals surface area contributed by atoms with Gasteiger partial charge in [0.2, 0.25) is 11.6 Å². The van der Waals surface area contributed by atoms with Gasteiger partial charge in [-0.1, -0.05) is 6.07 Å². The minimum atomic E-state index is -1.38. The molecule has 0 saturated heterocycles. The Kier molecular flexibility index (Phi) is 4.35. The summed E-state index contributed by atoms with van der Waals surface area (Å²) in [6, 6.07) is 6.07. The normalized spacial score (nSPS) is 12.6. The van der Waals surface area contributed by atoms with Crippen LogP contribution in [0, 0.1) is 4.91 Å². The predicted molar refractivity (Wildman–Crippen MR) is 97.1 cm³/mol. The van der Waals surface area contributed by atoms with Crippen LogP contribution in [0.5, 0.6) is 5.75 Å². The van der Waals surface area contributed by atoms with Crippen LogP contribution >= 0.6 is 0 Å². The van der Waals surface area contributed by atoms with Crippen LogP contribution in [0.15, 0.2) is 35.6 Å². The Morgan fingerprint density at radius 1 is 1.34 bits per heavy atom. The second-order valence-corrected chi connectivity index (χ2v) is 6.02. The van der Waals surface area contributed by atoms with Gasteiger partial charge in [0.05, 0.1) is 11.9 Å². The van der Waals surface area contributed by atoms with Crippen molar-refractivity contribution in [2.45, 2.75) is 6.54 Å². The van der Waals surface area contributed by atoms with Crippen molar-refractivity contribution >= 4 is 35.1 Å². The second-order valence-electron chi connectivity index (χ2n) is 6.02. The van der Waals surface area contributed by atoms with Crippen LogP contribution in [-0.4, -0.2) is 43.9 Å². The molecule has 0 bridgehead atoms. The molecular weight excluding hydrogens is 384 g/mol. The van der Waals surface area contributed by atoms with Gasteiger partial charge >= 0.3 is 5.97 Å². The van der Waals surface area contributed by atoms with Crippen molar-refractivity contribution in [3.63, 3.8) is 0 Å². The molecule has 12 nitrogen and oxygen atoms in total. The average Bonchev–Trinajstić information content (AvgIpc) is 3.13. The van der Waals surface area contributed by atoms with Crippen LogP contribution in [0.4, 0.5) is 11.5 Å². The van der Waals surface area contributed by atoms with Gasteiger partial charge in [0.15, 0.2) is 6.61 Å². The Morgan fingerprint density at radius 2 is 2.17 bits per heavy atom. The molecule has 29 heavy (non-hydrogen) atoms. The third-order valence-electron chi connectivity index (χ3n) is 4.13. The van der Waals surface area contributed by atoms with E-state index in [4.69, 9.17) is 4.74 Å². The summed E-state index contributed by atoms with van der Waals surface area (Å²) in [5.41, 5.74) is 0.608. The second kappa shape index (κ2) is 6.99. The molecule has 0 atom stereocenters. The number of carbonyl (C=O) groups is 3. The van der Waals surface area contributed by atoms with Crippen molar-refractivity contribution in [3.8, 4) is 5.75 Å². The highest BCUT2D eigenvalue weighted by Gasteiger charge is 2.20. The number of nitrogens with zero attached hydrogens (tertiary/aromatic N) is 4. The fraction of sp³-hybridized carbons (Fsp3) is 0.118. The van der Waals surface area contributed by atoms with Crippen molar-refractivity contribution in [1.29, 1.82) is 0 Å². The maximum Gasteiger partial charge on any atom is 0.353 e. The quantitative estimate of drug-likeness (QED) is 0.539. The molecule has 3 N–H and O–H groups in total. The summed E-state index contributed by atoms with van der Waals surface area (Å²) in [6.45, 7) is 0.0328. The number of carbonyl (C=O) groups excluding carboxylic acids is 2. The SMILES string of the molecule is O=Nc1cnc2nc(C(=O)NCc3ccc4c(c3)NC(=O)CO4)cc(C(=O)O)n12. The first-order valence-electron chi connectivity index (χ1n) is 8.25. The van der Waals surface area contributed by atoms with E-state index in [1.807, 2.05) is 0 Å². The van der Waals surface area contributed by atoms with Gasteiger partial charge in [-0.2, -0.15) is 0 Å². The van der Waals surface area contributed by atoms with Crippen LogP contribution in [0.3, 0.4) is 0 Å². The molecule has 3 heterocycles. The fourth-order valence-electron chi connectivity index (χ4n) is 2.83. The van der Waals surface area contributed by atoms with E-state index in [-0.39, 0.29) is 42.0 Å². The summed E-state index contributed by atoms with van der Waals surface area (Å²) in [5, 5.41) is 17.4. The Bertz CT molecular complexity index is 1190. The Labute approximate surface area is 161 Å². The lowest BCUT2D eigenvalue weighted by Crippen LogP contribution is -2.27. The summed E-state index contributed by atoms with van der Waals surface area (Å²) < 4.78 is 6.21. The number of fused-ring (bicyclic) bond motifs is 2. The third-order valence-corrected chi connectivity index (χ3v) is 4.13. The molecule has 3 aromatic rings. The maximum absolute atomic E-state index is 12.5. The maximum atomic E-state index is 12.5. The molecule has 1 aromatic carbocycles. The largest absolute Gasteiger partial charge is 0.482 e. The number of aromatic nitrogens is 3. The Hall–Kier alpha value is -4.35. The van der Waals surface area contributed by atoms with E-state index in [0.29, 0.717) is 17.0 Å². The van der Waals surface area contributed by atoms with Gasteiger partial charge in [-0.15, -0.1) is 4.91 Å². The van der Waals surface area contributed by atoms with Crippen LogP contribution in [0.2, 0.25) is 0 Å². The molecule has 0 saturated carbocycles. The van der Waals surface area contributed by atoms with Crippen LogP contribution in [-0.2, 0) is 11.3 Å². The first-order valence-corrected chi connectivity index (χ1v) is 8.25. The lowest BCUT2D eigenvalue weighted by molar-refractivity contribution is -0.118. The van der Waals surface area contributed by atoms with E-state index in [2.05, 4.69) is 25.8 Å². The lowest BCUT2D eigenvalue weighted by Gasteiger charge is -2.18. The number of ether oxygens (including phenoxy) is 1. The number of imidazole rings is 1. The highest BCUT2D eigenvalue weighted by Crippen LogP contribution is 2.28. The number of rotatable bonds is 5. The van der Waals surface area contributed by atoms with Gasteiger partial charge in [0.1, 0.15) is 17.1 Å². The van der Waals surface area contributed by atoms with Crippen molar-refractivity contribution in [2.75, 3.05) is 11.9 Å². The van der Waals surface area contributed by atoms with Gasteiger partial charge in [-0.25, -0.2) is 14.8 Å². The minimum absolute atomic E-state index is 0.0573. The van der Waals surface area contributed by atoms with E-state index < -0.39 is 11.9 Å². The fourth-order valence-corrected chi connectivity index (χ4v) is 2.83. The zero-order valence-corrected chi connectivity index (χ0v) is 14.6. The molecule has 2 aromatic heterocycles. The van der Waals surface area contributed by atoms with Crippen molar-refractivity contribution in [1.82, 2.24) is 19.7 Å². The predicted octanol–water partition coefficient (Wildman–Crippen LogP) is 1.09. The van der Waals surface area contributed by atoms with Gasteiger partial charge in [-0.05, 0) is 22.9 Å². The third kappa shape index (κ3) is 3.34. The van der Waals surface area contributed by atoms with Crippen LogP contribution in [0.25, 0.3) is 5.78 Å². The standard InChI is InChI=1S/C17H12N6O6/c24-14-7-29-12-2-1-8(3-9(12)20-14)5-18-15(25)10-4-11(16(26)27)23-13(22-28)6-19-17(23)21-10/h1-4,6H,5,7H2,(H,18,25)(H,20,24)(H,26,27). The van der Waals surface area contributed by atoms with E-state index >= 15 is 0 Å². The molecule has 2 amide bonds. The summed E-state index contributed by atoms with van der Waals surface area (Å²) >= 11 is 0. The molecule has 0 radical (unpaired) electrons. The minimum Gasteiger partial charge on any atom is -0.482 e. The number of benzene rings is 1. The molecule has 1 aliphatic rings. The monoisotopic (exact) mass is 396 g/mol. The Balaban J connectivity index is 1.57. The number of hydrogen-bond donors (Lipinski definition) is 3. The van der Waals surface area contributed by atoms with E-state index in [1.165, 1.54) is 0 Å². The number of amides is 2. The number of anilines is 1. The first-order chi connectivity index (χ1) is 14.0. The average molecular weight is 396 g/mol. The highest BCUT2D eigenvalue weighted by atomic mass is 16.5. The molecular formula is C17H12N6O6. The first kappa shape index (κ1) is 18.0. The van der Waals surface area contributed by atoms with Crippen molar-refractivity contribution in [2.24, 2.45) is 5.18 Å². The smallest absolute Gasteiger partial charge is 0.353 e. The van der Waals surface area contributed by atoms with Crippen LogP contribution < -0.4 is 15.4 Å². The van der Waals surface area contributed by atoms with Gasteiger partial charge in [0, 0.05) is 12.6 Å². The number of nitrogens with one attached hydrogen (secondary N) is 2. The van der Waals surface area contributed by atoms with Gasteiger partial charge in [-0.3, -0.25) is 14.0 Å². The number of carboxylic acid groups (broad SMARTS) is 1. The molecule has 0 spiro atoms. The zero-order chi connectivity index (χ0) is 20.5. The summed E-state index contributed by atoms with van der Waals surface area (Å²) in [6.07, 6.45) is 1.06. The molecule has 0 unspecified atom stereocenters. The van der Waals surface area contributed by atoms with Gasteiger partial charge < -0.3 is 20.5 Å². The molecule has 0 fully saturated rings. The van der Waals surface area contributed by atoms with Gasteiger partial charge in [0.25, 0.3) is 11.8 Å². The number of aromatic carboxylic acids is 1. The number of carboxylic acids is 1. The topological polar surface area (TPSA) is 164 Å². The lowest BCUT2D eigenvalue weighted by atomic mass is 10.1. The summed E-state index contributed by atoms with van der Waals surface area (Å²) in [7, 11) is 0. The molecule has 146 valence electrons. The van der Waals surface area contributed by atoms with Crippen molar-refractivity contribution < 1.29 is 24.2 Å². The zero-order valence-electron chi connectivity index (χ0n) is 14.6. The highest BCUT2D eigenvalue weighted by molar-refractivity contribution is 5.97. The van der Waals surface area contributed by atoms with Crippen LogP contribution in [0.1, 0.15) is 26.5 Å². The molecule has 4 rings (SSSR count). The number of hydrogen-bond acceptors (Lipinski definition) is 8. The van der Waals surface area contributed by atoms with Crippen molar-refractivity contribution in [3.05, 3.63) is 52.3 Å². The molecule has 12 heteroatoms. The molecule has 0 aliphatic carbocycles. The van der Waals surface area contributed by atoms with E-state index in [9.17, 15) is 24.4 Å². The number of nitroso groups, excluding NO2 is 1. The molecule has 1 aliphatic heterocycles. The summed E-state index contributed by atoms with van der Waals surface area (Å²) in [5.74, 6) is -2.15. The Morgan fingerprint density at radius 3 is 2.93 bits per heavy atom. The van der Waals surface area contributed by atoms with E-state index in [0.717, 1.165) is 16.7 Å². The van der Waals surface area contributed by atoms with E-state index in [1.54, 1.807) is 18.2 Å². The summed E-state index contributed by atoms with van der Waals surface area (Å²) in [4.78, 5) is 54.0.